The van der Waals surface area contributed by atoms with Crippen molar-refractivity contribution >= 4 is 0 Å². The van der Waals surface area contributed by atoms with Crippen LogP contribution < -0.4 is 0 Å². The van der Waals surface area contributed by atoms with Crippen molar-refractivity contribution < 1.29 is 5.11 Å². The highest BCUT2D eigenvalue weighted by Crippen LogP contribution is 2.22. The molecule has 0 saturated carbocycles. The van der Waals surface area contributed by atoms with Crippen LogP contribution in [0.4, 0.5) is 0 Å². The maximum atomic E-state index is 10.3. The monoisotopic (exact) mass is 290 g/mol. The van der Waals surface area contributed by atoms with Crippen molar-refractivity contribution in [1.82, 2.24) is 0 Å². The fourth-order valence-corrected chi connectivity index (χ4v) is 2.73. The highest BCUT2D eigenvalue weighted by Gasteiger charge is 2.14. The van der Waals surface area contributed by atoms with Crippen LogP contribution in [-0.2, 0) is 0 Å². The third kappa shape index (κ3) is 7.13. The minimum Gasteiger partial charge on any atom is -0.393 e. The van der Waals surface area contributed by atoms with E-state index < -0.39 is 0 Å². The average molecular weight is 290 g/mol. The predicted octanol–water partition coefficient (Wildman–Crippen LogP) is 5.67. The fraction of sp³-hybridized carbons (Fsp3) is 0.700. The molecule has 21 heavy (non-hydrogen) atoms. The van der Waals surface area contributed by atoms with E-state index in [-0.39, 0.29) is 6.10 Å². The molecule has 0 aliphatic heterocycles. The summed E-state index contributed by atoms with van der Waals surface area (Å²) in [4.78, 5) is 0. The average Bonchev–Trinajstić information content (AvgIpc) is 2.43. The third-order valence-electron chi connectivity index (χ3n) is 4.63. The van der Waals surface area contributed by atoms with Gasteiger partial charge in [0.05, 0.1) is 6.10 Å². The van der Waals surface area contributed by atoms with Crippen LogP contribution in [0.15, 0.2) is 35.5 Å². The standard InChI is InChI=1S/C20H34O/c1-15(2)19-12-9-16(3)7-6-8-18(5)20(21)14-11-17(4)10-13-19/h7,10,12-13,15,17-18,20-21H,6,8-9,11,14H2,1-5H3/b13-10?,16-7+,19-12?/t17-,18?,20?/m0/s1. The number of rotatable bonds is 1. The van der Waals surface area contributed by atoms with Crippen LogP contribution in [0.3, 0.4) is 0 Å². The van der Waals surface area contributed by atoms with E-state index in [0.717, 1.165) is 32.1 Å². The summed E-state index contributed by atoms with van der Waals surface area (Å²) in [5, 5.41) is 10.3. The Morgan fingerprint density at radius 2 is 1.81 bits per heavy atom. The Morgan fingerprint density at radius 3 is 2.48 bits per heavy atom. The molecule has 1 heteroatoms. The van der Waals surface area contributed by atoms with E-state index >= 15 is 0 Å². The van der Waals surface area contributed by atoms with E-state index in [9.17, 15) is 5.11 Å². The van der Waals surface area contributed by atoms with Crippen LogP contribution >= 0.6 is 0 Å². The van der Waals surface area contributed by atoms with Gasteiger partial charge >= 0.3 is 0 Å². The molecule has 0 aromatic heterocycles. The van der Waals surface area contributed by atoms with Crippen molar-refractivity contribution in [3.63, 3.8) is 0 Å². The minimum absolute atomic E-state index is 0.155. The number of hydrogen-bond donors (Lipinski definition) is 1. The fourth-order valence-electron chi connectivity index (χ4n) is 2.73. The van der Waals surface area contributed by atoms with Crippen molar-refractivity contribution in [2.45, 2.75) is 72.8 Å². The van der Waals surface area contributed by atoms with Gasteiger partial charge in [-0.25, -0.2) is 0 Å². The third-order valence-corrected chi connectivity index (χ3v) is 4.63. The first-order valence-electron chi connectivity index (χ1n) is 8.62. The number of allylic oxidation sites excluding steroid dienone is 6. The molecular formula is C20H34O. The lowest BCUT2D eigenvalue weighted by molar-refractivity contribution is 0.0986. The summed E-state index contributed by atoms with van der Waals surface area (Å²) in [6.07, 6.45) is 14.4. The van der Waals surface area contributed by atoms with Crippen molar-refractivity contribution in [2.24, 2.45) is 17.8 Å². The lowest BCUT2D eigenvalue weighted by Gasteiger charge is -2.20. The maximum absolute atomic E-state index is 10.3. The van der Waals surface area contributed by atoms with E-state index in [1.807, 2.05) is 0 Å². The molecule has 0 fully saturated rings. The molecule has 0 bridgehead atoms. The van der Waals surface area contributed by atoms with E-state index in [1.165, 1.54) is 11.1 Å². The largest absolute Gasteiger partial charge is 0.393 e. The first-order valence-corrected chi connectivity index (χ1v) is 8.62. The zero-order valence-corrected chi connectivity index (χ0v) is 14.6. The molecule has 1 aliphatic carbocycles. The van der Waals surface area contributed by atoms with E-state index in [0.29, 0.717) is 17.8 Å². The molecule has 1 N–H and O–H groups in total. The second kappa shape index (κ2) is 9.25. The first-order chi connectivity index (χ1) is 9.90. The van der Waals surface area contributed by atoms with Crippen LogP contribution in [-0.4, -0.2) is 11.2 Å². The van der Waals surface area contributed by atoms with Gasteiger partial charge in [-0.2, -0.15) is 0 Å². The molecular weight excluding hydrogens is 256 g/mol. The maximum Gasteiger partial charge on any atom is 0.0566 e. The van der Waals surface area contributed by atoms with E-state index in [4.69, 9.17) is 0 Å². The SMILES string of the molecule is C/C1=C\CCC(C)C(O)CC[C@@H](C)C=CC(C(C)C)=CC1. The summed E-state index contributed by atoms with van der Waals surface area (Å²) in [5.41, 5.74) is 2.87. The highest BCUT2D eigenvalue weighted by atomic mass is 16.3. The van der Waals surface area contributed by atoms with Crippen molar-refractivity contribution in [3.8, 4) is 0 Å². The molecule has 2 unspecified atom stereocenters. The molecule has 0 aromatic rings. The van der Waals surface area contributed by atoms with Crippen LogP contribution in [0, 0.1) is 17.8 Å². The lowest BCUT2D eigenvalue weighted by atomic mass is 9.91. The Hall–Kier alpha value is -0.820. The smallest absolute Gasteiger partial charge is 0.0566 e. The molecule has 1 nitrogen and oxygen atoms in total. The summed E-state index contributed by atoms with van der Waals surface area (Å²) in [7, 11) is 0. The summed E-state index contributed by atoms with van der Waals surface area (Å²) in [6, 6.07) is 0. The Labute approximate surface area is 131 Å². The summed E-state index contributed by atoms with van der Waals surface area (Å²) < 4.78 is 0. The predicted molar refractivity (Wildman–Crippen MR) is 93.2 cm³/mol. The number of aliphatic hydroxyl groups is 1. The van der Waals surface area contributed by atoms with Crippen molar-refractivity contribution in [1.29, 1.82) is 0 Å². The van der Waals surface area contributed by atoms with Gasteiger partial charge in [0.1, 0.15) is 0 Å². The van der Waals surface area contributed by atoms with Gasteiger partial charge in [0.2, 0.25) is 0 Å². The van der Waals surface area contributed by atoms with Crippen molar-refractivity contribution in [3.05, 3.63) is 35.5 Å². The topological polar surface area (TPSA) is 20.2 Å². The van der Waals surface area contributed by atoms with Crippen LogP contribution in [0.2, 0.25) is 0 Å². The van der Waals surface area contributed by atoms with Crippen LogP contribution in [0.1, 0.15) is 66.7 Å². The van der Waals surface area contributed by atoms with Gasteiger partial charge in [-0.15, -0.1) is 0 Å². The Bertz CT molecular complexity index is 387. The van der Waals surface area contributed by atoms with Gasteiger partial charge in [0.15, 0.2) is 0 Å². The van der Waals surface area contributed by atoms with Crippen LogP contribution in [0.5, 0.6) is 0 Å². The molecule has 0 saturated heterocycles. The Morgan fingerprint density at radius 1 is 1.10 bits per heavy atom. The van der Waals surface area contributed by atoms with Gasteiger partial charge < -0.3 is 5.11 Å². The van der Waals surface area contributed by atoms with Gasteiger partial charge in [-0.3, -0.25) is 0 Å². The Balaban J connectivity index is 2.87. The molecule has 1 aliphatic rings. The zero-order chi connectivity index (χ0) is 15.8. The molecule has 3 atom stereocenters. The normalized spacial score (nSPS) is 32.2. The lowest BCUT2D eigenvalue weighted by Crippen LogP contribution is -2.18. The number of aliphatic hydroxyl groups excluding tert-OH is 1. The summed E-state index contributed by atoms with van der Waals surface area (Å²) in [5.74, 6) is 1.50. The van der Waals surface area contributed by atoms with Gasteiger partial charge in [0.25, 0.3) is 0 Å². The molecule has 0 radical (unpaired) electrons. The molecule has 0 amide bonds. The van der Waals surface area contributed by atoms with Crippen LogP contribution in [0.25, 0.3) is 0 Å². The van der Waals surface area contributed by atoms with E-state index in [1.54, 1.807) is 0 Å². The van der Waals surface area contributed by atoms with Gasteiger partial charge in [-0.05, 0) is 62.4 Å². The van der Waals surface area contributed by atoms with Gasteiger partial charge in [0, 0.05) is 0 Å². The second-order valence-corrected chi connectivity index (χ2v) is 7.15. The molecule has 1 rings (SSSR count). The molecule has 0 spiro atoms. The summed E-state index contributed by atoms with van der Waals surface area (Å²) >= 11 is 0. The first kappa shape index (κ1) is 18.2. The zero-order valence-electron chi connectivity index (χ0n) is 14.6. The molecule has 0 aromatic carbocycles. The van der Waals surface area contributed by atoms with Gasteiger partial charge in [-0.1, -0.05) is 57.6 Å². The second-order valence-electron chi connectivity index (χ2n) is 7.15. The molecule has 0 heterocycles. The number of hydrogen-bond acceptors (Lipinski definition) is 1. The van der Waals surface area contributed by atoms with Crippen molar-refractivity contribution in [2.75, 3.05) is 0 Å². The molecule has 120 valence electrons. The minimum atomic E-state index is -0.155. The van der Waals surface area contributed by atoms with E-state index in [2.05, 4.69) is 58.9 Å². The summed E-state index contributed by atoms with van der Waals surface area (Å²) in [6.45, 7) is 11.2. The quantitative estimate of drug-likeness (QED) is 0.617. The highest BCUT2D eigenvalue weighted by molar-refractivity contribution is 5.23. The Kier molecular flexibility index (Phi) is 8.03.